The molecule has 1 aromatic carbocycles. The summed E-state index contributed by atoms with van der Waals surface area (Å²) in [5.74, 6) is 0.711. The van der Waals surface area contributed by atoms with Gasteiger partial charge in [0.25, 0.3) is 0 Å². The van der Waals surface area contributed by atoms with Gasteiger partial charge >= 0.3 is 33.6 Å². The SMILES string of the molecule is CC(=O)O[C@@H]1[CH][C@@H]2C[C@H]1C[C@@H]2OCc1ccccc1.[Cl-].[Hg+]. The molecule has 110 valence electrons. The van der Waals surface area contributed by atoms with Gasteiger partial charge in [-0.2, -0.15) is 0 Å². The van der Waals surface area contributed by atoms with Crippen LogP contribution in [0.15, 0.2) is 30.3 Å². The van der Waals surface area contributed by atoms with Crippen LogP contribution in [0.4, 0.5) is 0 Å². The number of esters is 1. The van der Waals surface area contributed by atoms with Crippen LogP contribution < -0.4 is 12.4 Å². The Bertz CT molecular complexity index is 454. The zero-order chi connectivity index (χ0) is 13.2. The third-order valence-electron chi connectivity index (χ3n) is 4.10. The predicted octanol–water partition coefficient (Wildman–Crippen LogP) is -0.251. The van der Waals surface area contributed by atoms with Gasteiger partial charge < -0.3 is 21.9 Å². The summed E-state index contributed by atoms with van der Waals surface area (Å²) in [6.07, 6.45) is 4.56. The number of ether oxygens (including phenoxy) is 2. The van der Waals surface area contributed by atoms with Crippen molar-refractivity contribution in [3.63, 3.8) is 0 Å². The van der Waals surface area contributed by atoms with Gasteiger partial charge in [0.2, 0.25) is 0 Å². The zero-order valence-corrected chi connectivity index (χ0v) is 18.5. The standard InChI is InChI=1S/C16H19O3.ClH.Hg/c1-11(17)19-16-9-13-7-14(16)8-15(13)18-10-12-5-3-2-4-6-12;;/h2-6,9,13-16H,7-8,10H2,1H3;1H;/q;;+1/p-1/t13-,14-,15-,16+;;/m0../s1. The summed E-state index contributed by atoms with van der Waals surface area (Å²) in [6, 6.07) is 10.2. The molecule has 0 aromatic heterocycles. The van der Waals surface area contributed by atoms with Crippen LogP contribution in [0.25, 0.3) is 0 Å². The smallest absolute Gasteiger partial charge is 1.00 e. The molecule has 0 saturated heterocycles. The average Bonchev–Trinajstić information content (AvgIpc) is 2.96. The van der Waals surface area contributed by atoms with Crippen molar-refractivity contribution in [1.82, 2.24) is 0 Å². The molecular formula is C16H19ClHgO3. The number of hydrogen-bond donors (Lipinski definition) is 0. The zero-order valence-electron chi connectivity index (χ0n) is 12.2. The second kappa shape index (κ2) is 8.49. The predicted molar refractivity (Wildman–Crippen MR) is 71.1 cm³/mol. The molecule has 0 spiro atoms. The van der Waals surface area contributed by atoms with Gasteiger partial charge in [-0.25, -0.2) is 0 Å². The van der Waals surface area contributed by atoms with E-state index in [9.17, 15) is 4.79 Å². The summed E-state index contributed by atoms with van der Waals surface area (Å²) < 4.78 is 11.3. The molecule has 3 rings (SSSR count). The summed E-state index contributed by atoms with van der Waals surface area (Å²) in [4.78, 5) is 11.0. The minimum Gasteiger partial charge on any atom is -1.00 e. The Balaban J connectivity index is 0.00000110. The van der Waals surface area contributed by atoms with Crippen LogP contribution in [-0.4, -0.2) is 18.2 Å². The van der Waals surface area contributed by atoms with Crippen LogP contribution in [0.1, 0.15) is 25.3 Å². The molecule has 0 unspecified atom stereocenters. The van der Waals surface area contributed by atoms with Gasteiger partial charge in [0.1, 0.15) is 6.10 Å². The van der Waals surface area contributed by atoms with Crippen molar-refractivity contribution < 1.29 is 54.3 Å². The number of halogens is 1. The minimum absolute atomic E-state index is 0. The minimum atomic E-state index is -0.185. The van der Waals surface area contributed by atoms with Gasteiger partial charge in [-0.3, -0.25) is 4.79 Å². The van der Waals surface area contributed by atoms with Crippen molar-refractivity contribution >= 4 is 5.97 Å². The topological polar surface area (TPSA) is 35.5 Å². The average molecular weight is 495 g/mol. The van der Waals surface area contributed by atoms with Gasteiger partial charge in [-0.1, -0.05) is 30.3 Å². The largest absolute Gasteiger partial charge is 1.00 e. The van der Waals surface area contributed by atoms with E-state index in [1.165, 1.54) is 12.5 Å². The molecule has 0 N–H and O–H groups in total. The van der Waals surface area contributed by atoms with Crippen molar-refractivity contribution in [2.45, 2.75) is 38.6 Å². The molecule has 2 bridgehead atoms. The number of carbonyl (C=O) groups excluding carboxylic acids is 1. The number of hydrogen-bond acceptors (Lipinski definition) is 3. The van der Waals surface area contributed by atoms with Gasteiger partial charge in [-0.15, -0.1) is 0 Å². The maximum absolute atomic E-state index is 11.0. The normalized spacial score (nSPS) is 29.4. The van der Waals surface area contributed by atoms with E-state index in [0.29, 0.717) is 18.4 Å². The maximum atomic E-state index is 11.0. The number of rotatable bonds is 4. The van der Waals surface area contributed by atoms with E-state index >= 15 is 0 Å². The van der Waals surface area contributed by atoms with E-state index in [4.69, 9.17) is 9.47 Å². The van der Waals surface area contributed by atoms with Crippen LogP contribution in [-0.2, 0) is 48.5 Å². The first-order chi connectivity index (χ1) is 9.22. The van der Waals surface area contributed by atoms with Crippen LogP contribution in [0.2, 0.25) is 0 Å². The fraction of sp³-hybridized carbons (Fsp3) is 0.500. The Kier molecular flexibility index (Phi) is 7.65. The van der Waals surface area contributed by atoms with E-state index in [0.717, 1.165) is 12.8 Å². The quantitative estimate of drug-likeness (QED) is 0.427. The van der Waals surface area contributed by atoms with Gasteiger partial charge in [0.15, 0.2) is 0 Å². The summed E-state index contributed by atoms with van der Waals surface area (Å²) in [7, 11) is 0. The van der Waals surface area contributed by atoms with Crippen LogP contribution in [0.5, 0.6) is 0 Å². The second-order valence-corrected chi connectivity index (χ2v) is 5.50. The Morgan fingerprint density at radius 2 is 1.95 bits per heavy atom. The Hall–Kier alpha value is -0.125. The fourth-order valence-electron chi connectivity index (χ4n) is 3.24. The van der Waals surface area contributed by atoms with Gasteiger partial charge in [-0.05, 0) is 30.2 Å². The first kappa shape index (κ1) is 18.9. The molecule has 2 saturated carbocycles. The maximum Gasteiger partial charge on any atom is 1.00 e. The Morgan fingerprint density at radius 3 is 2.52 bits per heavy atom. The first-order valence-electron chi connectivity index (χ1n) is 6.90. The van der Waals surface area contributed by atoms with E-state index < -0.39 is 0 Å². The summed E-state index contributed by atoms with van der Waals surface area (Å²) in [5.41, 5.74) is 1.21. The van der Waals surface area contributed by atoms with Crippen molar-refractivity contribution in [2.75, 3.05) is 0 Å². The van der Waals surface area contributed by atoms with Crippen molar-refractivity contribution in [3.8, 4) is 0 Å². The number of benzene rings is 1. The van der Waals surface area contributed by atoms with Crippen LogP contribution in [0, 0.1) is 18.3 Å². The molecule has 2 fully saturated rings. The molecule has 2 radical (unpaired) electrons. The van der Waals surface area contributed by atoms with Gasteiger partial charge in [0, 0.05) is 13.3 Å². The monoisotopic (exact) mass is 496 g/mol. The Labute approximate surface area is 152 Å². The molecule has 0 aliphatic heterocycles. The molecule has 21 heavy (non-hydrogen) atoms. The fourth-order valence-corrected chi connectivity index (χ4v) is 3.24. The molecule has 0 heterocycles. The number of fused-ring (bicyclic) bond motifs is 2. The molecule has 0 amide bonds. The molecule has 3 nitrogen and oxygen atoms in total. The van der Waals surface area contributed by atoms with E-state index in [1.54, 1.807) is 0 Å². The van der Waals surface area contributed by atoms with Crippen LogP contribution in [0.3, 0.4) is 0 Å². The Morgan fingerprint density at radius 1 is 1.24 bits per heavy atom. The first-order valence-corrected chi connectivity index (χ1v) is 6.90. The van der Waals surface area contributed by atoms with E-state index in [2.05, 4.69) is 18.6 Å². The van der Waals surface area contributed by atoms with Crippen molar-refractivity contribution in [3.05, 3.63) is 42.3 Å². The van der Waals surface area contributed by atoms with Crippen molar-refractivity contribution in [1.29, 1.82) is 0 Å². The molecular weight excluding hydrogens is 476 g/mol. The second-order valence-electron chi connectivity index (χ2n) is 5.50. The molecule has 2 aliphatic rings. The van der Waals surface area contributed by atoms with Gasteiger partial charge in [0.05, 0.1) is 12.7 Å². The summed E-state index contributed by atoms with van der Waals surface area (Å²) >= 11 is 0. The molecule has 1 aromatic rings. The number of carbonyl (C=O) groups is 1. The van der Waals surface area contributed by atoms with Crippen molar-refractivity contribution in [2.24, 2.45) is 11.8 Å². The molecule has 2 aliphatic carbocycles. The van der Waals surface area contributed by atoms with E-state index in [1.807, 2.05) is 18.2 Å². The van der Waals surface area contributed by atoms with E-state index in [-0.39, 0.29) is 58.3 Å². The summed E-state index contributed by atoms with van der Waals surface area (Å²) in [6.45, 7) is 2.14. The third kappa shape index (κ3) is 4.67. The third-order valence-corrected chi connectivity index (χ3v) is 4.10. The molecule has 5 heteroatoms. The molecule has 4 atom stereocenters. The summed E-state index contributed by atoms with van der Waals surface area (Å²) in [5, 5.41) is 0. The van der Waals surface area contributed by atoms with Crippen LogP contribution >= 0.6 is 0 Å².